The minimum absolute atomic E-state index is 0.00261. The van der Waals surface area contributed by atoms with Crippen molar-refractivity contribution in [2.45, 2.75) is 27.2 Å². The zero-order valence-corrected chi connectivity index (χ0v) is 13.1. The van der Waals surface area contributed by atoms with Gasteiger partial charge in [-0.2, -0.15) is 0 Å². The smallest absolute Gasteiger partial charge is 0.478 e. The minimum atomic E-state index is -1.21. The second kappa shape index (κ2) is 9.93. The highest BCUT2D eigenvalue weighted by Crippen LogP contribution is 2.24. The van der Waals surface area contributed by atoms with E-state index in [1.165, 1.54) is 19.1 Å². The van der Waals surface area contributed by atoms with Gasteiger partial charge < -0.3 is 14.9 Å². The molecule has 0 amide bonds. The van der Waals surface area contributed by atoms with Gasteiger partial charge in [-0.3, -0.25) is 10.1 Å². The summed E-state index contributed by atoms with van der Waals surface area (Å²) in [5.41, 5.74) is 1.66. The van der Waals surface area contributed by atoms with Gasteiger partial charge in [0, 0.05) is 17.7 Å². The SMILES string of the molecule is CCC(=C(C)C(=O)O)c1ccc([N+](=O)[O-])cc1.CCOC(=O)O. The number of aliphatic carboxylic acids is 1. The number of carboxylic acid groups (broad SMARTS) is 2. The lowest BCUT2D eigenvalue weighted by Crippen LogP contribution is -2.00. The van der Waals surface area contributed by atoms with E-state index in [0.717, 1.165) is 0 Å². The van der Waals surface area contributed by atoms with Gasteiger partial charge in [0.2, 0.25) is 0 Å². The lowest BCUT2D eigenvalue weighted by molar-refractivity contribution is -0.384. The molecule has 0 spiro atoms. The van der Waals surface area contributed by atoms with Crippen LogP contribution in [0.25, 0.3) is 5.57 Å². The fraction of sp³-hybridized carbons (Fsp3) is 0.333. The number of hydrogen-bond acceptors (Lipinski definition) is 5. The topological polar surface area (TPSA) is 127 Å². The van der Waals surface area contributed by atoms with Gasteiger partial charge in [0.1, 0.15) is 0 Å². The number of rotatable bonds is 5. The first-order valence-corrected chi connectivity index (χ1v) is 6.78. The number of ether oxygens (including phenoxy) is 1. The van der Waals surface area contributed by atoms with Crippen LogP contribution in [-0.4, -0.2) is 33.9 Å². The van der Waals surface area contributed by atoms with E-state index in [0.29, 0.717) is 17.6 Å². The molecular formula is C15H19NO7. The minimum Gasteiger partial charge on any atom is -0.478 e. The van der Waals surface area contributed by atoms with Crippen LogP contribution in [0.5, 0.6) is 0 Å². The molecule has 8 heteroatoms. The van der Waals surface area contributed by atoms with Crippen molar-refractivity contribution < 1.29 is 29.5 Å². The van der Waals surface area contributed by atoms with Crippen LogP contribution in [0.2, 0.25) is 0 Å². The Kier molecular flexibility index (Phi) is 8.68. The van der Waals surface area contributed by atoms with Gasteiger partial charge in [-0.25, -0.2) is 9.59 Å². The molecule has 0 saturated carbocycles. The zero-order chi connectivity index (χ0) is 18.0. The number of benzene rings is 1. The van der Waals surface area contributed by atoms with Crippen molar-refractivity contribution in [2.75, 3.05) is 6.61 Å². The highest BCUT2D eigenvalue weighted by molar-refractivity contribution is 5.95. The van der Waals surface area contributed by atoms with Crippen molar-refractivity contribution >= 4 is 23.4 Å². The van der Waals surface area contributed by atoms with E-state index in [9.17, 15) is 19.7 Å². The quantitative estimate of drug-likeness (QED) is 0.366. The third kappa shape index (κ3) is 7.07. The molecule has 0 atom stereocenters. The predicted octanol–water partition coefficient (Wildman–Crippen LogP) is 3.56. The Balaban J connectivity index is 0.000000688. The monoisotopic (exact) mass is 325 g/mol. The van der Waals surface area contributed by atoms with E-state index in [1.807, 2.05) is 6.92 Å². The van der Waals surface area contributed by atoms with Gasteiger partial charge in [0.05, 0.1) is 11.5 Å². The first-order chi connectivity index (χ1) is 10.7. The Morgan fingerprint density at radius 2 is 1.70 bits per heavy atom. The maximum atomic E-state index is 10.9. The maximum absolute atomic E-state index is 10.9. The lowest BCUT2D eigenvalue weighted by atomic mass is 9.98. The van der Waals surface area contributed by atoms with Crippen LogP contribution in [-0.2, 0) is 9.53 Å². The fourth-order valence-electron chi connectivity index (χ4n) is 1.72. The van der Waals surface area contributed by atoms with Crippen LogP contribution < -0.4 is 0 Å². The Morgan fingerprint density at radius 1 is 1.17 bits per heavy atom. The number of carboxylic acids is 1. The molecule has 2 N–H and O–H groups in total. The van der Waals surface area contributed by atoms with E-state index >= 15 is 0 Å². The first kappa shape index (κ1) is 20.1. The molecule has 23 heavy (non-hydrogen) atoms. The van der Waals surface area contributed by atoms with Crippen molar-refractivity contribution in [2.24, 2.45) is 0 Å². The number of hydrogen-bond donors (Lipinski definition) is 2. The van der Waals surface area contributed by atoms with Crippen LogP contribution >= 0.6 is 0 Å². The molecule has 0 radical (unpaired) electrons. The van der Waals surface area contributed by atoms with E-state index in [4.69, 9.17) is 10.2 Å². The van der Waals surface area contributed by atoms with Gasteiger partial charge in [0.15, 0.2) is 0 Å². The third-order valence-corrected chi connectivity index (χ3v) is 2.82. The van der Waals surface area contributed by atoms with Crippen LogP contribution in [0, 0.1) is 10.1 Å². The summed E-state index contributed by atoms with van der Waals surface area (Å²) in [6.07, 6.45) is -0.645. The molecule has 8 nitrogen and oxygen atoms in total. The first-order valence-electron chi connectivity index (χ1n) is 6.78. The number of carbonyl (C=O) groups is 2. The lowest BCUT2D eigenvalue weighted by Gasteiger charge is -2.07. The van der Waals surface area contributed by atoms with Crippen LogP contribution in [0.1, 0.15) is 32.8 Å². The fourth-order valence-corrected chi connectivity index (χ4v) is 1.72. The Bertz CT molecular complexity index is 590. The molecule has 1 aromatic rings. The van der Waals surface area contributed by atoms with Crippen LogP contribution in [0.3, 0.4) is 0 Å². The molecular weight excluding hydrogens is 306 g/mol. The summed E-state index contributed by atoms with van der Waals surface area (Å²) < 4.78 is 3.96. The molecule has 0 bridgehead atoms. The molecule has 0 aliphatic carbocycles. The maximum Gasteiger partial charge on any atom is 0.505 e. The van der Waals surface area contributed by atoms with Crippen LogP contribution in [0.4, 0.5) is 10.5 Å². The molecule has 0 aromatic heterocycles. The van der Waals surface area contributed by atoms with Crippen molar-refractivity contribution in [3.8, 4) is 0 Å². The summed E-state index contributed by atoms with van der Waals surface area (Å²) in [5, 5.41) is 27.1. The average molecular weight is 325 g/mol. The Morgan fingerprint density at radius 3 is 1.96 bits per heavy atom. The normalized spacial score (nSPS) is 10.7. The summed E-state index contributed by atoms with van der Waals surface area (Å²) in [6.45, 7) is 5.23. The molecule has 0 aliphatic rings. The summed E-state index contributed by atoms with van der Waals surface area (Å²) in [4.78, 5) is 30.3. The molecule has 0 heterocycles. The van der Waals surface area contributed by atoms with Crippen LogP contribution in [0.15, 0.2) is 29.8 Å². The van der Waals surface area contributed by atoms with Crippen molar-refractivity contribution in [3.05, 3.63) is 45.5 Å². The average Bonchev–Trinajstić information content (AvgIpc) is 2.48. The van der Waals surface area contributed by atoms with Gasteiger partial charge >= 0.3 is 12.1 Å². The van der Waals surface area contributed by atoms with Crippen molar-refractivity contribution in [1.29, 1.82) is 0 Å². The highest BCUT2D eigenvalue weighted by Gasteiger charge is 2.11. The molecule has 126 valence electrons. The number of nitro benzene ring substituents is 1. The van der Waals surface area contributed by atoms with Crippen molar-refractivity contribution in [3.63, 3.8) is 0 Å². The highest BCUT2D eigenvalue weighted by atomic mass is 16.7. The van der Waals surface area contributed by atoms with E-state index in [2.05, 4.69) is 4.74 Å². The van der Waals surface area contributed by atoms with Crippen molar-refractivity contribution in [1.82, 2.24) is 0 Å². The number of allylic oxidation sites excluding steroid dienone is 1. The second-order valence-corrected chi connectivity index (χ2v) is 4.27. The molecule has 0 aliphatic heterocycles. The van der Waals surface area contributed by atoms with E-state index in [-0.39, 0.29) is 17.9 Å². The summed E-state index contributed by atoms with van der Waals surface area (Å²) in [7, 11) is 0. The largest absolute Gasteiger partial charge is 0.505 e. The molecule has 1 rings (SSSR count). The van der Waals surface area contributed by atoms with E-state index < -0.39 is 17.0 Å². The molecule has 0 saturated heterocycles. The summed E-state index contributed by atoms with van der Waals surface area (Å²) >= 11 is 0. The van der Waals surface area contributed by atoms with Gasteiger partial charge in [-0.05, 0) is 43.5 Å². The summed E-state index contributed by atoms with van der Waals surface area (Å²) in [5.74, 6) is -0.972. The zero-order valence-electron chi connectivity index (χ0n) is 13.1. The van der Waals surface area contributed by atoms with Gasteiger partial charge in [-0.15, -0.1) is 0 Å². The molecule has 0 fully saturated rings. The third-order valence-electron chi connectivity index (χ3n) is 2.82. The number of nitro groups is 1. The summed E-state index contributed by atoms with van der Waals surface area (Å²) in [6, 6.07) is 5.90. The predicted molar refractivity (Wildman–Crippen MR) is 83.3 cm³/mol. The number of non-ortho nitro benzene ring substituents is 1. The Hall–Kier alpha value is -2.90. The Labute approximate surface area is 133 Å². The molecule has 1 aromatic carbocycles. The van der Waals surface area contributed by atoms with Gasteiger partial charge in [0.25, 0.3) is 5.69 Å². The van der Waals surface area contributed by atoms with Gasteiger partial charge in [-0.1, -0.05) is 6.92 Å². The van der Waals surface area contributed by atoms with E-state index in [1.54, 1.807) is 19.1 Å². The number of nitrogens with zero attached hydrogens (tertiary/aromatic N) is 1. The molecule has 0 unspecified atom stereocenters. The second-order valence-electron chi connectivity index (χ2n) is 4.27. The standard InChI is InChI=1S/C12H13NO4.C3H6O3/c1-3-11(8(2)12(14)15)9-4-6-10(7-5-9)13(16)17;1-2-6-3(4)5/h4-7H,3H2,1-2H3,(H,14,15);2H2,1H3,(H,4,5).